The van der Waals surface area contributed by atoms with Crippen LogP contribution in [0.5, 0.6) is 5.75 Å². The van der Waals surface area contributed by atoms with Gasteiger partial charge >= 0.3 is 0 Å². The predicted molar refractivity (Wildman–Crippen MR) is 123 cm³/mol. The molecule has 3 aromatic rings. The van der Waals surface area contributed by atoms with E-state index in [1.807, 2.05) is 30.5 Å². The maximum Gasteiger partial charge on any atom is 0.276 e. The SMILES string of the molecule is CCCn1c(CCC(=O)NNC(=O)COc2cccc(C)c2)nc2cc(S(N)(=O)=O)ccc21. The molecule has 4 N–H and O–H groups in total. The van der Waals surface area contributed by atoms with Crippen molar-refractivity contribution in [1.29, 1.82) is 0 Å². The number of primary sulfonamides is 1. The number of ether oxygens (including phenoxy) is 1. The first-order valence-electron chi connectivity index (χ1n) is 10.5. The van der Waals surface area contributed by atoms with Gasteiger partial charge in [0.15, 0.2) is 6.61 Å². The summed E-state index contributed by atoms with van der Waals surface area (Å²) >= 11 is 0. The second kappa shape index (κ2) is 10.5. The number of benzene rings is 2. The van der Waals surface area contributed by atoms with Gasteiger partial charge in [-0.15, -0.1) is 0 Å². The predicted octanol–water partition coefficient (Wildman–Crippen LogP) is 1.56. The van der Waals surface area contributed by atoms with Gasteiger partial charge in [0.2, 0.25) is 15.9 Å². The monoisotopic (exact) mass is 473 g/mol. The van der Waals surface area contributed by atoms with E-state index in [1.54, 1.807) is 18.2 Å². The minimum atomic E-state index is -3.84. The topological polar surface area (TPSA) is 145 Å². The number of nitrogens with two attached hydrogens (primary N) is 1. The fourth-order valence-corrected chi connectivity index (χ4v) is 3.85. The van der Waals surface area contributed by atoms with Gasteiger partial charge in [-0.1, -0.05) is 19.1 Å². The van der Waals surface area contributed by atoms with E-state index in [1.165, 1.54) is 12.1 Å². The summed E-state index contributed by atoms with van der Waals surface area (Å²) in [7, 11) is -3.84. The molecule has 2 amide bonds. The van der Waals surface area contributed by atoms with Crippen molar-refractivity contribution in [2.75, 3.05) is 6.61 Å². The van der Waals surface area contributed by atoms with E-state index < -0.39 is 15.9 Å². The molecule has 0 radical (unpaired) electrons. The molecule has 0 spiro atoms. The van der Waals surface area contributed by atoms with Crippen molar-refractivity contribution < 1.29 is 22.7 Å². The molecule has 0 aliphatic heterocycles. The summed E-state index contributed by atoms with van der Waals surface area (Å²) in [6.45, 7) is 4.36. The first kappa shape index (κ1) is 24.2. The van der Waals surface area contributed by atoms with E-state index in [2.05, 4.69) is 15.8 Å². The molecule has 176 valence electrons. The summed E-state index contributed by atoms with van der Waals surface area (Å²) in [6, 6.07) is 11.8. The zero-order chi connectivity index (χ0) is 24.0. The number of nitrogens with one attached hydrogen (secondary N) is 2. The highest BCUT2D eigenvalue weighted by Crippen LogP contribution is 2.21. The molecule has 1 aromatic heterocycles. The van der Waals surface area contributed by atoms with Gasteiger partial charge in [-0.3, -0.25) is 20.4 Å². The lowest BCUT2D eigenvalue weighted by atomic mass is 10.2. The van der Waals surface area contributed by atoms with Crippen LogP contribution in [0.1, 0.15) is 31.2 Å². The molecule has 0 bridgehead atoms. The molecule has 33 heavy (non-hydrogen) atoms. The first-order chi connectivity index (χ1) is 15.7. The van der Waals surface area contributed by atoms with Crippen LogP contribution in [0.3, 0.4) is 0 Å². The Morgan fingerprint density at radius 3 is 2.58 bits per heavy atom. The second-order valence-electron chi connectivity index (χ2n) is 7.58. The lowest BCUT2D eigenvalue weighted by molar-refractivity contribution is -0.130. The number of carbonyl (C=O) groups excluding carboxylic acids is 2. The van der Waals surface area contributed by atoms with E-state index in [0.29, 0.717) is 30.1 Å². The van der Waals surface area contributed by atoms with Crippen molar-refractivity contribution in [3.8, 4) is 5.75 Å². The lowest BCUT2D eigenvalue weighted by Crippen LogP contribution is -2.43. The number of sulfonamides is 1. The van der Waals surface area contributed by atoms with Gasteiger partial charge in [0.25, 0.3) is 5.91 Å². The van der Waals surface area contributed by atoms with Crippen LogP contribution < -0.4 is 20.7 Å². The highest BCUT2D eigenvalue weighted by atomic mass is 32.2. The quantitative estimate of drug-likeness (QED) is 0.402. The van der Waals surface area contributed by atoms with E-state index >= 15 is 0 Å². The number of nitrogens with zero attached hydrogens (tertiary/aromatic N) is 2. The zero-order valence-electron chi connectivity index (χ0n) is 18.5. The first-order valence-corrected chi connectivity index (χ1v) is 12.0. The van der Waals surface area contributed by atoms with Crippen molar-refractivity contribution in [3.05, 3.63) is 53.9 Å². The van der Waals surface area contributed by atoms with Crippen molar-refractivity contribution >= 4 is 32.9 Å². The van der Waals surface area contributed by atoms with Gasteiger partial charge in [0, 0.05) is 19.4 Å². The van der Waals surface area contributed by atoms with Crippen LogP contribution >= 0.6 is 0 Å². The second-order valence-corrected chi connectivity index (χ2v) is 9.14. The number of aryl methyl sites for hydroxylation is 3. The summed E-state index contributed by atoms with van der Waals surface area (Å²) < 4.78 is 30.6. The van der Waals surface area contributed by atoms with E-state index in [4.69, 9.17) is 9.88 Å². The molecule has 0 aliphatic rings. The molecule has 0 fully saturated rings. The lowest BCUT2D eigenvalue weighted by Gasteiger charge is -2.10. The number of carbonyl (C=O) groups is 2. The fraction of sp³-hybridized carbons (Fsp3) is 0.318. The molecular formula is C22H27N5O5S. The number of amides is 2. The van der Waals surface area contributed by atoms with Crippen LogP contribution in [0.25, 0.3) is 11.0 Å². The molecule has 2 aromatic carbocycles. The zero-order valence-corrected chi connectivity index (χ0v) is 19.3. The van der Waals surface area contributed by atoms with E-state index in [-0.39, 0.29) is 23.8 Å². The average Bonchev–Trinajstić information content (AvgIpc) is 3.11. The molecule has 3 rings (SSSR count). The molecule has 0 unspecified atom stereocenters. The summed E-state index contributed by atoms with van der Waals surface area (Å²) in [5, 5.41) is 5.21. The Kier molecular flexibility index (Phi) is 7.67. The van der Waals surface area contributed by atoms with Crippen LogP contribution in [0.15, 0.2) is 47.4 Å². The van der Waals surface area contributed by atoms with Gasteiger partial charge in [0.1, 0.15) is 11.6 Å². The molecule has 0 saturated carbocycles. The molecular weight excluding hydrogens is 446 g/mol. The number of aromatic nitrogens is 2. The van der Waals surface area contributed by atoms with Crippen LogP contribution in [0.2, 0.25) is 0 Å². The largest absolute Gasteiger partial charge is 0.484 e. The molecule has 10 nitrogen and oxygen atoms in total. The minimum absolute atomic E-state index is 0.0176. The van der Waals surface area contributed by atoms with Crippen molar-refractivity contribution in [2.24, 2.45) is 5.14 Å². The number of rotatable bonds is 9. The summed E-state index contributed by atoms with van der Waals surface area (Å²) in [5.74, 6) is 0.331. The average molecular weight is 474 g/mol. The Hall–Kier alpha value is -3.44. The van der Waals surface area contributed by atoms with Crippen LogP contribution in [-0.4, -0.2) is 36.4 Å². The number of imidazole rings is 1. The summed E-state index contributed by atoms with van der Waals surface area (Å²) in [5.41, 5.74) is 6.95. The number of hydrazine groups is 1. The molecule has 0 atom stereocenters. The normalized spacial score (nSPS) is 11.4. The third-order valence-corrected chi connectivity index (χ3v) is 5.76. The Balaban J connectivity index is 1.57. The van der Waals surface area contributed by atoms with Gasteiger partial charge in [-0.2, -0.15) is 0 Å². The summed E-state index contributed by atoms with van der Waals surface area (Å²) in [4.78, 5) is 28.6. The maximum absolute atomic E-state index is 12.2. The molecule has 1 heterocycles. The fourth-order valence-electron chi connectivity index (χ4n) is 3.32. The minimum Gasteiger partial charge on any atom is -0.484 e. The van der Waals surface area contributed by atoms with Crippen molar-refractivity contribution in [2.45, 2.75) is 44.6 Å². The van der Waals surface area contributed by atoms with Gasteiger partial charge in [-0.25, -0.2) is 18.5 Å². The van der Waals surface area contributed by atoms with Gasteiger partial charge in [0.05, 0.1) is 15.9 Å². The molecule has 0 aliphatic carbocycles. The van der Waals surface area contributed by atoms with Gasteiger partial charge in [-0.05, 0) is 49.2 Å². The van der Waals surface area contributed by atoms with Gasteiger partial charge < -0.3 is 9.30 Å². The Morgan fingerprint density at radius 1 is 1.12 bits per heavy atom. The standard InChI is InChI=1S/C22H27N5O5S/c1-3-11-27-19-8-7-17(33(23,30)31)13-18(19)24-20(27)9-10-21(28)25-26-22(29)14-32-16-6-4-5-15(2)12-16/h4-8,12-13H,3,9-11,14H2,1-2H3,(H,25,28)(H,26,29)(H2,23,30,31). The van der Waals surface area contributed by atoms with Crippen LogP contribution in [0.4, 0.5) is 0 Å². The highest BCUT2D eigenvalue weighted by molar-refractivity contribution is 7.89. The maximum atomic E-state index is 12.2. The number of hydrogen-bond donors (Lipinski definition) is 3. The Labute approximate surface area is 192 Å². The number of hydrogen-bond acceptors (Lipinski definition) is 6. The third-order valence-electron chi connectivity index (χ3n) is 4.85. The highest BCUT2D eigenvalue weighted by Gasteiger charge is 2.16. The van der Waals surface area contributed by atoms with Crippen molar-refractivity contribution in [1.82, 2.24) is 20.4 Å². The Bertz CT molecular complexity index is 1270. The van der Waals surface area contributed by atoms with Crippen molar-refractivity contribution in [3.63, 3.8) is 0 Å². The smallest absolute Gasteiger partial charge is 0.276 e. The molecule has 11 heteroatoms. The molecule has 0 saturated heterocycles. The number of fused-ring (bicyclic) bond motifs is 1. The van der Waals surface area contributed by atoms with E-state index in [0.717, 1.165) is 17.5 Å². The Morgan fingerprint density at radius 2 is 1.88 bits per heavy atom. The summed E-state index contributed by atoms with van der Waals surface area (Å²) in [6.07, 6.45) is 1.22. The van der Waals surface area contributed by atoms with Crippen LogP contribution in [-0.2, 0) is 32.6 Å². The third kappa shape index (κ3) is 6.53. The van der Waals surface area contributed by atoms with Crippen LogP contribution in [0, 0.1) is 6.92 Å². The van der Waals surface area contributed by atoms with E-state index in [9.17, 15) is 18.0 Å².